The lowest BCUT2D eigenvalue weighted by Crippen LogP contribution is -2.58. The third kappa shape index (κ3) is 3.42. The standard InChI is InChI=1S/C26H35N3O2/c1-4-6-22(30)28-24-25(2,3)20-15-21-23(31-14-11-26(21,24)16-20)19-9-7-18(8-10-19)17-29-13-5-12-27-29/h5,7-10,12-13,20-21,23-24H,4,6,11,14-17H2,1-3H3,(H,28,30)/t20-,21-,23-,24+,26?/m1/s1. The molecule has 5 atom stereocenters. The summed E-state index contributed by atoms with van der Waals surface area (Å²) in [5.41, 5.74) is 2.83. The van der Waals surface area contributed by atoms with E-state index in [1.165, 1.54) is 24.0 Å². The Balaban J connectivity index is 1.38. The molecule has 5 nitrogen and oxygen atoms in total. The minimum absolute atomic E-state index is 0.124. The molecule has 1 N–H and O–H groups in total. The van der Waals surface area contributed by atoms with Crippen LogP contribution in [0, 0.1) is 22.7 Å². The average molecular weight is 422 g/mol. The molecular weight excluding hydrogens is 386 g/mol. The summed E-state index contributed by atoms with van der Waals surface area (Å²) < 4.78 is 8.36. The second-order valence-electron chi connectivity index (χ2n) is 10.5. The van der Waals surface area contributed by atoms with Gasteiger partial charge in [-0.05, 0) is 65.5 Å². The Bertz CT molecular complexity index is 921. The third-order valence-corrected chi connectivity index (χ3v) is 8.50. The quantitative estimate of drug-likeness (QED) is 0.734. The Kier molecular flexibility index (Phi) is 5.20. The van der Waals surface area contributed by atoms with Gasteiger partial charge in [-0.25, -0.2) is 0 Å². The average Bonchev–Trinajstić information content (AvgIpc) is 3.44. The van der Waals surface area contributed by atoms with Gasteiger partial charge in [0, 0.05) is 31.5 Å². The lowest BCUT2D eigenvalue weighted by atomic mass is 9.59. The van der Waals surface area contributed by atoms with Gasteiger partial charge in [0.25, 0.3) is 0 Å². The molecule has 2 heterocycles. The summed E-state index contributed by atoms with van der Waals surface area (Å²) >= 11 is 0. The molecule has 2 bridgehead atoms. The van der Waals surface area contributed by atoms with Gasteiger partial charge in [0.1, 0.15) is 0 Å². The highest BCUT2D eigenvalue weighted by Gasteiger charge is 2.68. The van der Waals surface area contributed by atoms with Crippen molar-refractivity contribution in [2.24, 2.45) is 22.7 Å². The Morgan fingerprint density at radius 3 is 2.81 bits per heavy atom. The SMILES string of the molecule is CCCC(=O)N[C@H]1C(C)(C)[C@@H]2C[C@@H]3[C@@H](c4ccc(Cn5cccn5)cc4)OCCC31C2. The number of hydrogen-bond donors (Lipinski definition) is 1. The summed E-state index contributed by atoms with van der Waals surface area (Å²) in [6, 6.07) is 11.1. The van der Waals surface area contributed by atoms with Crippen LogP contribution in [0.2, 0.25) is 0 Å². The molecule has 1 aromatic heterocycles. The Morgan fingerprint density at radius 2 is 2.10 bits per heavy atom. The summed E-state index contributed by atoms with van der Waals surface area (Å²) in [7, 11) is 0. The van der Waals surface area contributed by atoms with Gasteiger partial charge < -0.3 is 10.1 Å². The zero-order chi connectivity index (χ0) is 21.6. The monoisotopic (exact) mass is 421 g/mol. The maximum absolute atomic E-state index is 12.6. The van der Waals surface area contributed by atoms with Crippen LogP contribution in [0.4, 0.5) is 0 Å². The first kappa shape index (κ1) is 20.7. The topological polar surface area (TPSA) is 56.2 Å². The van der Waals surface area contributed by atoms with Crippen molar-refractivity contribution >= 4 is 5.91 Å². The van der Waals surface area contributed by atoms with Crippen LogP contribution in [-0.4, -0.2) is 28.3 Å². The van der Waals surface area contributed by atoms with Crippen molar-refractivity contribution in [2.75, 3.05) is 6.61 Å². The van der Waals surface area contributed by atoms with Crippen LogP contribution in [0.3, 0.4) is 0 Å². The number of carbonyl (C=O) groups excluding carboxylic acids is 1. The highest BCUT2D eigenvalue weighted by molar-refractivity contribution is 5.76. The van der Waals surface area contributed by atoms with Gasteiger partial charge in [-0.15, -0.1) is 0 Å². The Labute approximate surface area is 185 Å². The molecule has 5 rings (SSSR count). The minimum Gasteiger partial charge on any atom is -0.373 e. The lowest BCUT2D eigenvalue weighted by molar-refractivity contribution is -0.137. The number of ether oxygens (including phenoxy) is 1. The molecule has 3 aliphatic rings. The zero-order valence-corrected chi connectivity index (χ0v) is 19.0. The summed E-state index contributed by atoms with van der Waals surface area (Å²) in [6.45, 7) is 8.38. The maximum atomic E-state index is 12.6. The summed E-state index contributed by atoms with van der Waals surface area (Å²) in [5, 5.41) is 7.80. The largest absolute Gasteiger partial charge is 0.373 e. The number of benzene rings is 1. The molecule has 31 heavy (non-hydrogen) atoms. The van der Waals surface area contributed by atoms with Crippen molar-refractivity contribution in [2.45, 2.75) is 71.6 Å². The van der Waals surface area contributed by atoms with E-state index in [2.05, 4.69) is 55.5 Å². The number of nitrogens with one attached hydrogen (secondary N) is 1. The van der Waals surface area contributed by atoms with Gasteiger partial charge in [-0.1, -0.05) is 45.0 Å². The molecule has 3 fully saturated rings. The predicted octanol–water partition coefficient (Wildman–Crippen LogP) is 4.73. The van der Waals surface area contributed by atoms with E-state index in [4.69, 9.17) is 4.74 Å². The van der Waals surface area contributed by atoms with Crippen molar-refractivity contribution in [3.8, 4) is 0 Å². The molecule has 0 radical (unpaired) electrons. The molecule has 1 saturated heterocycles. The number of hydrogen-bond acceptors (Lipinski definition) is 3. The molecule has 1 aromatic carbocycles. The minimum atomic E-state index is 0.124. The molecule has 2 saturated carbocycles. The second-order valence-corrected chi connectivity index (χ2v) is 10.5. The number of aromatic nitrogens is 2. The molecule has 166 valence electrons. The zero-order valence-electron chi connectivity index (χ0n) is 19.0. The van der Waals surface area contributed by atoms with Crippen molar-refractivity contribution in [1.29, 1.82) is 0 Å². The van der Waals surface area contributed by atoms with Gasteiger partial charge >= 0.3 is 0 Å². The van der Waals surface area contributed by atoms with E-state index in [-0.39, 0.29) is 28.9 Å². The van der Waals surface area contributed by atoms with Crippen LogP contribution >= 0.6 is 0 Å². The van der Waals surface area contributed by atoms with Gasteiger partial charge in [0.15, 0.2) is 0 Å². The van der Waals surface area contributed by atoms with Crippen molar-refractivity contribution in [3.05, 3.63) is 53.9 Å². The van der Waals surface area contributed by atoms with Gasteiger partial charge in [-0.3, -0.25) is 9.48 Å². The summed E-state index contributed by atoms with van der Waals surface area (Å²) in [5.74, 6) is 1.34. The van der Waals surface area contributed by atoms with Crippen molar-refractivity contribution in [1.82, 2.24) is 15.1 Å². The maximum Gasteiger partial charge on any atom is 0.220 e. The highest BCUT2D eigenvalue weighted by Crippen LogP contribution is 2.70. The van der Waals surface area contributed by atoms with Crippen LogP contribution in [0.5, 0.6) is 0 Å². The van der Waals surface area contributed by atoms with Crippen LogP contribution < -0.4 is 5.32 Å². The number of fused-ring (bicyclic) bond motifs is 1. The molecule has 1 unspecified atom stereocenters. The van der Waals surface area contributed by atoms with Gasteiger partial charge in [0.05, 0.1) is 12.6 Å². The second kappa shape index (κ2) is 7.77. The molecular formula is C26H35N3O2. The van der Waals surface area contributed by atoms with E-state index in [1.807, 2.05) is 23.1 Å². The highest BCUT2D eigenvalue weighted by atomic mass is 16.5. The molecule has 2 aliphatic carbocycles. The van der Waals surface area contributed by atoms with Crippen LogP contribution in [0.15, 0.2) is 42.7 Å². The van der Waals surface area contributed by atoms with E-state index in [0.29, 0.717) is 18.3 Å². The van der Waals surface area contributed by atoms with Gasteiger partial charge in [0.2, 0.25) is 5.91 Å². The third-order valence-electron chi connectivity index (χ3n) is 8.50. The molecule has 2 aromatic rings. The normalized spacial score (nSPS) is 33.3. The molecule has 1 spiro atoms. The smallest absolute Gasteiger partial charge is 0.220 e. The van der Waals surface area contributed by atoms with E-state index in [1.54, 1.807) is 0 Å². The van der Waals surface area contributed by atoms with Crippen molar-refractivity contribution < 1.29 is 9.53 Å². The predicted molar refractivity (Wildman–Crippen MR) is 120 cm³/mol. The first-order valence-corrected chi connectivity index (χ1v) is 11.9. The molecule has 1 amide bonds. The molecule has 5 heteroatoms. The fraction of sp³-hybridized carbons (Fsp3) is 0.615. The van der Waals surface area contributed by atoms with Crippen LogP contribution in [0.1, 0.15) is 70.1 Å². The fourth-order valence-corrected chi connectivity index (χ4v) is 6.97. The first-order valence-electron chi connectivity index (χ1n) is 11.9. The van der Waals surface area contributed by atoms with Crippen molar-refractivity contribution in [3.63, 3.8) is 0 Å². The van der Waals surface area contributed by atoms with Crippen LogP contribution in [-0.2, 0) is 16.1 Å². The number of nitrogens with zero attached hydrogens (tertiary/aromatic N) is 2. The molecule has 1 aliphatic heterocycles. The van der Waals surface area contributed by atoms with E-state index >= 15 is 0 Å². The first-order chi connectivity index (χ1) is 14.9. The number of amides is 1. The van der Waals surface area contributed by atoms with E-state index in [0.717, 1.165) is 26.0 Å². The lowest BCUT2D eigenvalue weighted by Gasteiger charge is -2.53. The van der Waals surface area contributed by atoms with Crippen LogP contribution in [0.25, 0.3) is 0 Å². The summed E-state index contributed by atoms with van der Waals surface area (Å²) in [4.78, 5) is 12.6. The number of rotatable bonds is 6. The Hall–Kier alpha value is -2.14. The van der Waals surface area contributed by atoms with E-state index in [9.17, 15) is 4.79 Å². The Morgan fingerprint density at radius 1 is 1.29 bits per heavy atom. The number of carbonyl (C=O) groups is 1. The van der Waals surface area contributed by atoms with Gasteiger partial charge in [-0.2, -0.15) is 5.10 Å². The summed E-state index contributed by atoms with van der Waals surface area (Å²) in [6.07, 6.45) is 8.93. The fourth-order valence-electron chi connectivity index (χ4n) is 6.97. The van der Waals surface area contributed by atoms with E-state index < -0.39 is 0 Å².